The van der Waals surface area contributed by atoms with Crippen molar-refractivity contribution < 1.29 is 17.9 Å². The molecule has 6 nitrogen and oxygen atoms in total. The summed E-state index contributed by atoms with van der Waals surface area (Å²) in [5, 5.41) is 2.92. The minimum Gasteiger partial charge on any atom is -0.495 e. The van der Waals surface area contributed by atoms with Crippen LogP contribution in [0.3, 0.4) is 0 Å². The summed E-state index contributed by atoms with van der Waals surface area (Å²) in [6, 6.07) is 17.4. The van der Waals surface area contributed by atoms with Crippen LogP contribution in [0.15, 0.2) is 70.0 Å². The van der Waals surface area contributed by atoms with E-state index in [1.165, 1.54) is 7.11 Å². The first-order chi connectivity index (χ1) is 15.7. The number of amides is 1. The number of aryl methyl sites for hydroxylation is 3. The van der Waals surface area contributed by atoms with Gasteiger partial charge in [-0.1, -0.05) is 47.1 Å². The summed E-state index contributed by atoms with van der Waals surface area (Å²) in [7, 11) is -2.68. The molecule has 0 aromatic heterocycles. The Morgan fingerprint density at radius 1 is 1.06 bits per heavy atom. The van der Waals surface area contributed by atoms with Crippen molar-refractivity contribution in [3.8, 4) is 5.75 Å². The zero-order chi connectivity index (χ0) is 24.2. The van der Waals surface area contributed by atoms with E-state index >= 15 is 0 Å². The minimum absolute atomic E-state index is 0.00993. The van der Waals surface area contributed by atoms with Crippen LogP contribution >= 0.6 is 15.9 Å². The highest BCUT2D eigenvalue weighted by molar-refractivity contribution is 9.10. The number of nitrogens with one attached hydrogen (secondary N) is 1. The third kappa shape index (κ3) is 5.57. The molecule has 0 bridgehead atoms. The number of methoxy groups -OCH3 is 1. The van der Waals surface area contributed by atoms with Crippen LogP contribution in [0.2, 0.25) is 0 Å². The van der Waals surface area contributed by atoms with E-state index in [4.69, 9.17) is 4.74 Å². The standard InChI is InChI=1S/C25H27BrN2O4S/c1-5-19-15-20(26)14-18(3)25(19)27-24(29)16-28(21-9-7-6-8-10-21)33(30,31)23-13-17(2)11-12-22(23)32-4/h6-15H,5,16H2,1-4H3,(H,27,29). The molecule has 3 aromatic carbocycles. The molecule has 0 aliphatic rings. The second-order valence-corrected chi connectivity index (χ2v) is 10.4. The van der Waals surface area contributed by atoms with Gasteiger partial charge in [0.15, 0.2) is 0 Å². The van der Waals surface area contributed by atoms with Crippen LogP contribution in [-0.4, -0.2) is 28.0 Å². The molecule has 33 heavy (non-hydrogen) atoms. The van der Waals surface area contributed by atoms with E-state index < -0.39 is 15.9 Å². The monoisotopic (exact) mass is 530 g/mol. The number of para-hydroxylation sites is 1. The van der Waals surface area contributed by atoms with Gasteiger partial charge in [-0.15, -0.1) is 0 Å². The molecular weight excluding hydrogens is 504 g/mol. The van der Waals surface area contributed by atoms with E-state index in [1.807, 2.05) is 26.0 Å². The molecule has 0 atom stereocenters. The molecule has 0 spiro atoms. The lowest BCUT2D eigenvalue weighted by Crippen LogP contribution is -2.38. The Balaban J connectivity index is 2.02. The van der Waals surface area contributed by atoms with Gasteiger partial charge in [-0.05, 0) is 73.4 Å². The van der Waals surface area contributed by atoms with Crippen molar-refractivity contribution in [1.29, 1.82) is 0 Å². The fourth-order valence-electron chi connectivity index (χ4n) is 3.59. The van der Waals surface area contributed by atoms with Crippen LogP contribution in [0.1, 0.15) is 23.6 Å². The van der Waals surface area contributed by atoms with Crippen LogP contribution in [-0.2, 0) is 21.2 Å². The lowest BCUT2D eigenvalue weighted by atomic mass is 10.1. The summed E-state index contributed by atoms with van der Waals surface area (Å²) >= 11 is 3.48. The van der Waals surface area contributed by atoms with E-state index in [1.54, 1.807) is 55.5 Å². The molecule has 1 amide bonds. The number of carbonyl (C=O) groups excluding carboxylic acids is 1. The number of hydrogen-bond donors (Lipinski definition) is 1. The number of sulfonamides is 1. The van der Waals surface area contributed by atoms with Crippen LogP contribution in [0.4, 0.5) is 11.4 Å². The topological polar surface area (TPSA) is 75.7 Å². The highest BCUT2D eigenvalue weighted by Crippen LogP contribution is 2.31. The van der Waals surface area contributed by atoms with Gasteiger partial charge in [0.25, 0.3) is 10.0 Å². The molecule has 0 saturated heterocycles. The zero-order valence-corrected chi connectivity index (χ0v) is 21.5. The van der Waals surface area contributed by atoms with Crippen molar-refractivity contribution in [2.24, 2.45) is 0 Å². The summed E-state index contributed by atoms with van der Waals surface area (Å²) in [5.74, 6) is -0.215. The Morgan fingerprint density at radius 2 is 1.76 bits per heavy atom. The minimum atomic E-state index is -4.10. The average Bonchev–Trinajstić information content (AvgIpc) is 2.79. The van der Waals surface area contributed by atoms with E-state index in [0.717, 1.165) is 31.9 Å². The fourth-order valence-corrected chi connectivity index (χ4v) is 5.88. The molecule has 0 aliphatic carbocycles. The molecule has 3 rings (SSSR count). The zero-order valence-electron chi connectivity index (χ0n) is 19.1. The Bertz CT molecular complexity index is 1260. The smallest absolute Gasteiger partial charge is 0.268 e. The Kier molecular flexibility index (Phi) is 7.81. The van der Waals surface area contributed by atoms with E-state index in [9.17, 15) is 13.2 Å². The lowest BCUT2D eigenvalue weighted by molar-refractivity contribution is -0.114. The average molecular weight is 531 g/mol. The second-order valence-electron chi connectivity index (χ2n) is 7.66. The molecule has 0 radical (unpaired) electrons. The number of benzene rings is 3. The number of rotatable bonds is 8. The summed E-state index contributed by atoms with van der Waals surface area (Å²) in [6.07, 6.45) is 0.719. The maximum atomic E-state index is 13.7. The van der Waals surface area contributed by atoms with E-state index in [2.05, 4.69) is 21.2 Å². The SMILES string of the molecule is CCc1cc(Br)cc(C)c1NC(=O)CN(c1ccccc1)S(=O)(=O)c1cc(C)ccc1OC. The van der Waals surface area contributed by atoms with E-state index in [-0.39, 0.29) is 17.2 Å². The molecule has 3 aromatic rings. The van der Waals surface area contributed by atoms with Gasteiger partial charge in [0.1, 0.15) is 17.2 Å². The predicted octanol–water partition coefficient (Wildman–Crippen LogP) is 5.47. The fraction of sp³-hybridized carbons (Fsp3) is 0.240. The number of anilines is 2. The van der Waals surface area contributed by atoms with Crippen LogP contribution in [0, 0.1) is 13.8 Å². The van der Waals surface area contributed by atoms with Crippen LogP contribution in [0.25, 0.3) is 0 Å². The quantitative estimate of drug-likeness (QED) is 0.418. The van der Waals surface area contributed by atoms with Gasteiger partial charge in [-0.25, -0.2) is 8.42 Å². The van der Waals surface area contributed by atoms with Gasteiger partial charge in [0, 0.05) is 10.2 Å². The second kappa shape index (κ2) is 10.4. The van der Waals surface area contributed by atoms with Gasteiger partial charge in [-0.3, -0.25) is 9.10 Å². The Labute approximate surface area is 203 Å². The number of ether oxygens (including phenoxy) is 1. The molecule has 0 saturated carbocycles. The first-order valence-electron chi connectivity index (χ1n) is 10.5. The molecule has 0 fully saturated rings. The lowest BCUT2D eigenvalue weighted by Gasteiger charge is -2.25. The maximum absolute atomic E-state index is 13.7. The summed E-state index contributed by atoms with van der Waals surface area (Å²) in [6.45, 7) is 5.33. The number of carbonyl (C=O) groups is 1. The molecule has 0 unspecified atom stereocenters. The normalized spacial score (nSPS) is 11.2. The number of hydrogen-bond acceptors (Lipinski definition) is 4. The summed E-state index contributed by atoms with van der Waals surface area (Å²) < 4.78 is 34.9. The third-order valence-electron chi connectivity index (χ3n) is 5.25. The molecule has 0 aliphatic heterocycles. The Morgan fingerprint density at radius 3 is 2.39 bits per heavy atom. The first kappa shape index (κ1) is 24.8. The predicted molar refractivity (Wildman–Crippen MR) is 136 cm³/mol. The summed E-state index contributed by atoms with van der Waals surface area (Å²) in [4.78, 5) is 13.2. The highest BCUT2D eigenvalue weighted by atomic mass is 79.9. The molecule has 174 valence electrons. The molecular formula is C25H27BrN2O4S. The van der Waals surface area contributed by atoms with Crippen molar-refractivity contribution >= 4 is 43.2 Å². The van der Waals surface area contributed by atoms with Crippen LogP contribution in [0.5, 0.6) is 5.75 Å². The maximum Gasteiger partial charge on any atom is 0.268 e. The van der Waals surface area contributed by atoms with Crippen LogP contribution < -0.4 is 14.4 Å². The van der Waals surface area contributed by atoms with Crippen molar-refractivity contribution in [2.75, 3.05) is 23.3 Å². The van der Waals surface area contributed by atoms with Crippen molar-refractivity contribution in [1.82, 2.24) is 0 Å². The number of halogens is 1. The largest absolute Gasteiger partial charge is 0.495 e. The molecule has 0 heterocycles. The van der Waals surface area contributed by atoms with Gasteiger partial charge < -0.3 is 10.1 Å². The van der Waals surface area contributed by atoms with Crippen molar-refractivity contribution in [3.05, 3.63) is 81.8 Å². The summed E-state index contributed by atoms with van der Waals surface area (Å²) in [5.41, 5.74) is 3.71. The Hall–Kier alpha value is -2.84. The van der Waals surface area contributed by atoms with Gasteiger partial charge in [-0.2, -0.15) is 0 Å². The van der Waals surface area contributed by atoms with Crippen molar-refractivity contribution in [2.45, 2.75) is 32.1 Å². The van der Waals surface area contributed by atoms with Gasteiger partial charge in [0.05, 0.1) is 12.8 Å². The third-order valence-corrected chi connectivity index (χ3v) is 7.50. The highest BCUT2D eigenvalue weighted by Gasteiger charge is 2.30. The molecule has 1 N–H and O–H groups in total. The molecule has 8 heteroatoms. The van der Waals surface area contributed by atoms with Crippen molar-refractivity contribution in [3.63, 3.8) is 0 Å². The van der Waals surface area contributed by atoms with Gasteiger partial charge >= 0.3 is 0 Å². The van der Waals surface area contributed by atoms with E-state index in [0.29, 0.717) is 11.4 Å². The first-order valence-corrected chi connectivity index (χ1v) is 12.7. The number of nitrogens with zero attached hydrogens (tertiary/aromatic N) is 1. The van der Waals surface area contributed by atoms with Gasteiger partial charge in [0.2, 0.25) is 5.91 Å².